The third-order valence-corrected chi connectivity index (χ3v) is 5.07. The molecule has 3 aromatic carbocycles. The normalized spacial score (nSPS) is 12.5. The Hall–Kier alpha value is -3.93. The van der Waals surface area contributed by atoms with E-state index in [1.165, 1.54) is 0 Å². The second-order valence-electron chi connectivity index (χ2n) is 7.19. The first-order chi connectivity index (χ1) is 15.3. The van der Waals surface area contributed by atoms with Crippen molar-refractivity contribution in [2.75, 3.05) is 13.2 Å². The minimum absolute atomic E-state index is 0.235. The van der Waals surface area contributed by atoms with E-state index in [2.05, 4.69) is 11.4 Å². The summed E-state index contributed by atoms with van der Waals surface area (Å²) in [7, 11) is 0. The van der Waals surface area contributed by atoms with E-state index < -0.39 is 0 Å². The lowest BCUT2D eigenvalue weighted by atomic mass is 10.1. The van der Waals surface area contributed by atoms with Crippen LogP contribution in [0.15, 0.2) is 77.2 Å². The molecule has 4 aromatic rings. The molecule has 1 amide bonds. The van der Waals surface area contributed by atoms with Gasteiger partial charge in [0, 0.05) is 12.1 Å². The summed E-state index contributed by atoms with van der Waals surface area (Å²) in [6.45, 7) is 1.58. The molecule has 0 atom stereocenters. The monoisotopic (exact) mass is 415 g/mol. The molecule has 2 heterocycles. The van der Waals surface area contributed by atoms with Crippen LogP contribution in [0.4, 0.5) is 0 Å². The number of carbonyl (C=O) groups is 1. The molecule has 6 heteroatoms. The Morgan fingerprint density at radius 2 is 1.77 bits per heavy atom. The van der Waals surface area contributed by atoms with E-state index >= 15 is 0 Å². The maximum absolute atomic E-state index is 12.5. The standard InChI is InChI=1S/C25H21NO5/c27-25(26-15-19-6-3-7-22-24(19)29-13-12-28-22)23-11-10-21(31-23)16-30-20-9-8-17-4-1-2-5-18(17)14-20/h1-11,14H,12-13,15-16H2,(H,26,27). The number of fused-ring (bicyclic) bond motifs is 2. The smallest absolute Gasteiger partial charge is 0.287 e. The lowest BCUT2D eigenvalue weighted by Crippen LogP contribution is -2.24. The molecule has 31 heavy (non-hydrogen) atoms. The third-order valence-electron chi connectivity index (χ3n) is 5.07. The third kappa shape index (κ3) is 4.19. The summed E-state index contributed by atoms with van der Waals surface area (Å²) in [4.78, 5) is 12.5. The molecule has 1 aliphatic rings. The second kappa shape index (κ2) is 8.44. The molecule has 5 rings (SSSR count). The van der Waals surface area contributed by atoms with E-state index in [9.17, 15) is 4.79 Å². The van der Waals surface area contributed by atoms with Crippen molar-refractivity contribution in [1.29, 1.82) is 0 Å². The van der Waals surface area contributed by atoms with Gasteiger partial charge in [-0.2, -0.15) is 0 Å². The fourth-order valence-corrected chi connectivity index (χ4v) is 3.53. The van der Waals surface area contributed by atoms with Crippen molar-refractivity contribution >= 4 is 16.7 Å². The van der Waals surface area contributed by atoms with Gasteiger partial charge in [0.25, 0.3) is 5.91 Å². The van der Waals surface area contributed by atoms with Crippen LogP contribution in [-0.4, -0.2) is 19.1 Å². The van der Waals surface area contributed by atoms with Gasteiger partial charge in [-0.3, -0.25) is 4.79 Å². The molecule has 0 bridgehead atoms. The predicted molar refractivity (Wildman–Crippen MR) is 116 cm³/mol. The minimum atomic E-state index is -0.300. The van der Waals surface area contributed by atoms with Gasteiger partial charge in [0.15, 0.2) is 17.3 Å². The summed E-state index contributed by atoms with van der Waals surface area (Å²) in [5.41, 5.74) is 0.858. The van der Waals surface area contributed by atoms with Crippen LogP contribution in [0.2, 0.25) is 0 Å². The highest BCUT2D eigenvalue weighted by molar-refractivity contribution is 5.91. The quantitative estimate of drug-likeness (QED) is 0.494. The zero-order chi connectivity index (χ0) is 21.0. The average molecular weight is 415 g/mol. The van der Waals surface area contributed by atoms with Crippen LogP contribution in [0.1, 0.15) is 21.9 Å². The number of hydrogen-bond donors (Lipinski definition) is 1. The van der Waals surface area contributed by atoms with Crippen molar-refractivity contribution in [3.8, 4) is 17.2 Å². The first-order valence-corrected chi connectivity index (χ1v) is 10.1. The van der Waals surface area contributed by atoms with E-state index in [1.54, 1.807) is 12.1 Å². The SMILES string of the molecule is O=C(NCc1cccc2c1OCCO2)c1ccc(COc2ccc3ccccc3c2)o1. The Morgan fingerprint density at radius 1 is 0.903 bits per heavy atom. The zero-order valence-corrected chi connectivity index (χ0v) is 16.8. The van der Waals surface area contributed by atoms with Crippen molar-refractivity contribution in [2.24, 2.45) is 0 Å². The van der Waals surface area contributed by atoms with Crippen LogP contribution in [0.25, 0.3) is 10.8 Å². The number of furan rings is 1. The summed E-state index contributed by atoms with van der Waals surface area (Å²) in [6, 6.07) is 23.0. The largest absolute Gasteiger partial charge is 0.486 e. The molecule has 1 aromatic heterocycles. The van der Waals surface area contributed by atoms with Crippen molar-refractivity contribution in [2.45, 2.75) is 13.2 Å². The van der Waals surface area contributed by atoms with Gasteiger partial charge in [-0.25, -0.2) is 0 Å². The molecule has 1 aliphatic heterocycles. The van der Waals surface area contributed by atoms with Crippen LogP contribution in [-0.2, 0) is 13.2 Å². The lowest BCUT2D eigenvalue weighted by molar-refractivity contribution is 0.0918. The Labute approximate surface area is 179 Å². The lowest BCUT2D eigenvalue weighted by Gasteiger charge is -2.20. The Morgan fingerprint density at radius 3 is 2.71 bits per heavy atom. The highest BCUT2D eigenvalue weighted by Gasteiger charge is 2.17. The Balaban J connectivity index is 1.19. The highest BCUT2D eigenvalue weighted by Crippen LogP contribution is 2.33. The van der Waals surface area contributed by atoms with Crippen LogP contribution in [0.5, 0.6) is 17.2 Å². The molecule has 0 unspecified atom stereocenters. The molecule has 0 radical (unpaired) electrons. The molecule has 1 N–H and O–H groups in total. The highest BCUT2D eigenvalue weighted by atomic mass is 16.6. The minimum Gasteiger partial charge on any atom is -0.486 e. The molecule has 0 saturated heterocycles. The predicted octanol–water partition coefficient (Wildman–Crippen LogP) is 4.71. The molecule has 156 valence electrons. The Bertz CT molecular complexity index is 1230. The van der Waals surface area contributed by atoms with E-state index in [0.717, 1.165) is 22.1 Å². The van der Waals surface area contributed by atoms with E-state index in [0.29, 0.717) is 37.0 Å². The number of para-hydroxylation sites is 1. The number of ether oxygens (including phenoxy) is 3. The number of amides is 1. The first-order valence-electron chi connectivity index (χ1n) is 10.1. The molecule has 0 spiro atoms. The van der Waals surface area contributed by atoms with E-state index in [1.807, 2.05) is 54.6 Å². The summed E-state index contributed by atoms with van der Waals surface area (Å²) in [6.07, 6.45) is 0. The summed E-state index contributed by atoms with van der Waals surface area (Å²) in [5.74, 6) is 2.64. The number of benzene rings is 3. The number of nitrogens with one attached hydrogen (secondary N) is 1. The van der Waals surface area contributed by atoms with E-state index in [-0.39, 0.29) is 18.3 Å². The van der Waals surface area contributed by atoms with Crippen LogP contribution < -0.4 is 19.5 Å². The zero-order valence-electron chi connectivity index (χ0n) is 16.8. The van der Waals surface area contributed by atoms with Crippen molar-refractivity contribution < 1.29 is 23.4 Å². The maximum atomic E-state index is 12.5. The van der Waals surface area contributed by atoms with Crippen LogP contribution in [0, 0.1) is 0 Å². The van der Waals surface area contributed by atoms with Gasteiger partial charge in [0.2, 0.25) is 0 Å². The summed E-state index contributed by atoms with van der Waals surface area (Å²) < 4.78 is 22.7. The maximum Gasteiger partial charge on any atom is 0.287 e. The van der Waals surface area contributed by atoms with Gasteiger partial charge in [-0.05, 0) is 41.1 Å². The molecule has 0 fully saturated rings. The molecule has 0 aliphatic carbocycles. The fourth-order valence-electron chi connectivity index (χ4n) is 3.53. The first kappa shape index (κ1) is 19.1. The number of carbonyl (C=O) groups excluding carboxylic acids is 1. The van der Waals surface area contributed by atoms with Crippen molar-refractivity contribution in [3.63, 3.8) is 0 Å². The second-order valence-corrected chi connectivity index (χ2v) is 7.19. The van der Waals surface area contributed by atoms with Crippen molar-refractivity contribution in [1.82, 2.24) is 5.32 Å². The molecule has 0 saturated carbocycles. The average Bonchev–Trinajstić information content (AvgIpc) is 3.30. The van der Waals surface area contributed by atoms with Gasteiger partial charge in [0.1, 0.15) is 31.3 Å². The van der Waals surface area contributed by atoms with Gasteiger partial charge in [-0.1, -0.05) is 42.5 Å². The number of hydrogen-bond acceptors (Lipinski definition) is 5. The van der Waals surface area contributed by atoms with Crippen LogP contribution >= 0.6 is 0 Å². The molecular formula is C25H21NO5. The van der Waals surface area contributed by atoms with Gasteiger partial charge < -0.3 is 23.9 Å². The van der Waals surface area contributed by atoms with Gasteiger partial charge >= 0.3 is 0 Å². The van der Waals surface area contributed by atoms with Crippen molar-refractivity contribution in [3.05, 3.63) is 89.9 Å². The molecular weight excluding hydrogens is 394 g/mol. The summed E-state index contributed by atoms with van der Waals surface area (Å²) in [5, 5.41) is 5.13. The van der Waals surface area contributed by atoms with Gasteiger partial charge in [0.05, 0.1) is 0 Å². The Kier molecular flexibility index (Phi) is 5.19. The topological polar surface area (TPSA) is 69.9 Å². The fraction of sp³-hybridized carbons (Fsp3) is 0.160. The van der Waals surface area contributed by atoms with E-state index in [4.69, 9.17) is 18.6 Å². The number of rotatable bonds is 6. The molecule has 6 nitrogen and oxygen atoms in total. The summed E-state index contributed by atoms with van der Waals surface area (Å²) >= 11 is 0. The van der Waals surface area contributed by atoms with Gasteiger partial charge in [-0.15, -0.1) is 0 Å². The van der Waals surface area contributed by atoms with Crippen LogP contribution in [0.3, 0.4) is 0 Å².